The number of aliphatic carboxylic acids is 1. The van der Waals surface area contributed by atoms with Crippen LogP contribution in [0.4, 0.5) is 13.2 Å². The van der Waals surface area contributed by atoms with E-state index in [1.165, 1.54) is 0 Å². The van der Waals surface area contributed by atoms with Gasteiger partial charge in [0.25, 0.3) is 0 Å². The first-order valence-corrected chi connectivity index (χ1v) is 4.78. The van der Waals surface area contributed by atoms with E-state index in [4.69, 9.17) is 10.8 Å². The summed E-state index contributed by atoms with van der Waals surface area (Å²) in [7, 11) is 0. The van der Waals surface area contributed by atoms with E-state index in [0.29, 0.717) is 0 Å². The largest absolute Gasteiger partial charge is 0.481 e. The minimum atomic E-state index is -4.23. The summed E-state index contributed by atoms with van der Waals surface area (Å²) >= 11 is 0. The SMILES string of the molecule is NCC1(CC(=O)O)CCC(C(F)(F)F)C1. The second kappa shape index (κ2) is 4.00. The Kier molecular flexibility index (Phi) is 3.28. The van der Waals surface area contributed by atoms with E-state index in [0.717, 1.165) is 0 Å². The minimum absolute atomic E-state index is 0.00583. The fourth-order valence-corrected chi connectivity index (χ4v) is 2.23. The molecule has 0 heterocycles. The number of alkyl halides is 3. The van der Waals surface area contributed by atoms with Crippen molar-refractivity contribution < 1.29 is 23.1 Å². The zero-order valence-electron chi connectivity index (χ0n) is 8.18. The summed E-state index contributed by atoms with van der Waals surface area (Å²) in [6, 6.07) is 0. The highest BCUT2D eigenvalue weighted by Gasteiger charge is 2.50. The van der Waals surface area contributed by atoms with E-state index in [1.807, 2.05) is 0 Å². The lowest BCUT2D eigenvalue weighted by molar-refractivity contribution is -0.175. The Balaban J connectivity index is 2.69. The standard InChI is InChI=1S/C9H14F3NO2/c10-9(11,12)6-1-2-8(3-6,5-13)4-7(14)15/h6H,1-5,13H2,(H,14,15). The molecule has 0 spiro atoms. The lowest BCUT2D eigenvalue weighted by Gasteiger charge is -2.26. The first-order chi connectivity index (χ1) is 6.79. The maximum atomic E-state index is 12.4. The third-order valence-electron chi connectivity index (χ3n) is 3.12. The highest BCUT2D eigenvalue weighted by atomic mass is 19.4. The molecule has 3 nitrogen and oxygen atoms in total. The predicted molar refractivity (Wildman–Crippen MR) is 47.1 cm³/mol. The number of carboxylic acids is 1. The second-order valence-corrected chi connectivity index (χ2v) is 4.26. The van der Waals surface area contributed by atoms with E-state index in [1.54, 1.807) is 0 Å². The first kappa shape index (κ1) is 12.3. The third kappa shape index (κ3) is 2.84. The van der Waals surface area contributed by atoms with Gasteiger partial charge in [0.15, 0.2) is 0 Å². The molecule has 1 saturated carbocycles. The van der Waals surface area contributed by atoms with Crippen molar-refractivity contribution in [3.05, 3.63) is 0 Å². The summed E-state index contributed by atoms with van der Waals surface area (Å²) < 4.78 is 37.2. The van der Waals surface area contributed by atoms with Crippen LogP contribution in [0.15, 0.2) is 0 Å². The van der Waals surface area contributed by atoms with E-state index < -0.39 is 23.5 Å². The van der Waals surface area contributed by atoms with Crippen LogP contribution in [0.1, 0.15) is 25.7 Å². The summed E-state index contributed by atoms with van der Waals surface area (Å²) in [6.07, 6.45) is -4.40. The molecular formula is C9H14F3NO2. The summed E-state index contributed by atoms with van der Waals surface area (Å²) in [5.41, 5.74) is 4.54. The zero-order chi connectivity index (χ0) is 11.7. The molecule has 1 aliphatic rings. The van der Waals surface area contributed by atoms with Gasteiger partial charge in [-0.1, -0.05) is 0 Å². The lowest BCUT2D eigenvalue weighted by atomic mass is 9.82. The molecule has 0 radical (unpaired) electrons. The number of carboxylic acid groups (broad SMARTS) is 1. The van der Waals surface area contributed by atoms with Gasteiger partial charge in [0.1, 0.15) is 0 Å². The maximum absolute atomic E-state index is 12.4. The van der Waals surface area contributed by atoms with Gasteiger partial charge < -0.3 is 10.8 Å². The van der Waals surface area contributed by atoms with Crippen LogP contribution in [0.3, 0.4) is 0 Å². The Morgan fingerprint density at radius 3 is 2.47 bits per heavy atom. The number of carbonyl (C=O) groups is 1. The average Bonchev–Trinajstić information content (AvgIpc) is 2.47. The number of hydrogen-bond acceptors (Lipinski definition) is 2. The van der Waals surface area contributed by atoms with Crippen LogP contribution in [-0.4, -0.2) is 23.8 Å². The smallest absolute Gasteiger partial charge is 0.391 e. The Bertz CT molecular complexity index is 254. The maximum Gasteiger partial charge on any atom is 0.391 e. The van der Waals surface area contributed by atoms with Crippen LogP contribution in [0.25, 0.3) is 0 Å². The van der Waals surface area contributed by atoms with Crippen LogP contribution in [-0.2, 0) is 4.79 Å². The molecule has 0 saturated heterocycles. The topological polar surface area (TPSA) is 63.3 Å². The summed E-state index contributed by atoms with van der Waals surface area (Å²) in [5.74, 6) is -2.47. The normalized spacial score (nSPS) is 31.9. The zero-order valence-corrected chi connectivity index (χ0v) is 8.18. The van der Waals surface area contributed by atoms with Gasteiger partial charge in [0.2, 0.25) is 0 Å². The molecule has 88 valence electrons. The molecule has 0 aromatic carbocycles. The summed E-state index contributed by atoms with van der Waals surface area (Å²) in [5, 5.41) is 8.62. The van der Waals surface area contributed by atoms with E-state index in [2.05, 4.69) is 0 Å². The highest BCUT2D eigenvalue weighted by molar-refractivity contribution is 5.67. The fraction of sp³-hybridized carbons (Fsp3) is 0.889. The number of rotatable bonds is 3. The summed E-state index contributed by atoms with van der Waals surface area (Å²) in [4.78, 5) is 10.5. The van der Waals surface area contributed by atoms with Crippen molar-refractivity contribution in [3.8, 4) is 0 Å². The van der Waals surface area contributed by atoms with Gasteiger partial charge in [-0.2, -0.15) is 13.2 Å². The van der Waals surface area contributed by atoms with Gasteiger partial charge in [-0.25, -0.2) is 0 Å². The van der Waals surface area contributed by atoms with Gasteiger partial charge in [0, 0.05) is 0 Å². The molecule has 0 aromatic rings. The predicted octanol–water partition coefficient (Wildman–Crippen LogP) is 1.77. The van der Waals surface area contributed by atoms with Gasteiger partial charge in [-0.3, -0.25) is 4.79 Å². The Labute approximate surface area is 85.4 Å². The van der Waals surface area contributed by atoms with Crippen molar-refractivity contribution in [1.82, 2.24) is 0 Å². The number of hydrogen-bond donors (Lipinski definition) is 2. The van der Waals surface area contributed by atoms with Crippen molar-refractivity contribution in [2.45, 2.75) is 31.9 Å². The minimum Gasteiger partial charge on any atom is -0.481 e. The molecule has 2 unspecified atom stereocenters. The summed E-state index contributed by atoms with van der Waals surface area (Å²) in [6.45, 7) is 0.00583. The number of halogens is 3. The Hall–Kier alpha value is -0.780. The Morgan fingerprint density at radius 1 is 1.53 bits per heavy atom. The second-order valence-electron chi connectivity index (χ2n) is 4.26. The molecule has 1 fully saturated rings. The van der Waals surface area contributed by atoms with Gasteiger partial charge in [0.05, 0.1) is 12.3 Å². The van der Waals surface area contributed by atoms with Crippen molar-refractivity contribution in [1.29, 1.82) is 0 Å². The quantitative estimate of drug-likeness (QED) is 0.769. The van der Waals surface area contributed by atoms with Gasteiger partial charge in [-0.15, -0.1) is 0 Å². The highest BCUT2D eigenvalue weighted by Crippen LogP contribution is 2.49. The average molecular weight is 225 g/mol. The monoisotopic (exact) mass is 225 g/mol. The van der Waals surface area contributed by atoms with Crippen molar-refractivity contribution in [2.75, 3.05) is 6.54 Å². The van der Waals surface area contributed by atoms with Crippen molar-refractivity contribution in [2.24, 2.45) is 17.1 Å². The van der Waals surface area contributed by atoms with E-state index in [-0.39, 0.29) is 32.2 Å². The van der Waals surface area contributed by atoms with Gasteiger partial charge >= 0.3 is 12.1 Å². The fourth-order valence-electron chi connectivity index (χ4n) is 2.23. The molecule has 0 amide bonds. The van der Waals surface area contributed by atoms with E-state index in [9.17, 15) is 18.0 Å². The molecule has 1 rings (SSSR count). The van der Waals surface area contributed by atoms with Crippen LogP contribution >= 0.6 is 0 Å². The third-order valence-corrected chi connectivity index (χ3v) is 3.12. The van der Waals surface area contributed by atoms with Crippen LogP contribution in [0, 0.1) is 11.3 Å². The van der Waals surface area contributed by atoms with Crippen molar-refractivity contribution in [3.63, 3.8) is 0 Å². The molecule has 3 N–H and O–H groups in total. The lowest BCUT2D eigenvalue weighted by Crippen LogP contribution is -2.32. The molecule has 1 aliphatic carbocycles. The van der Waals surface area contributed by atoms with Gasteiger partial charge in [-0.05, 0) is 31.2 Å². The molecule has 15 heavy (non-hydrogen) atoms. The van der Waals surface area contributed by atoms with Crippen LogP contribution in [0.5, 0.6) is 0 Å². The van der Waals surface area contributed by atoms with E-state index >= 15 is 0 Å². The Morgan fingerprint density at radius 2 is 2.13 bits per heavy atom. The molecule has 6 heteroatoms. The van der Waals surface area contributed by atoms with Crippen molar-refractivity contribution >= 4 is 5.97 Å². The molecule has 0 aromatic heterocycles. The van der Waals surface area contributed by atoms with Crippen LogP contribution < -0.4 is 5.73 Å². The van der Waals surface area contributed by atoms with Crippen LogP contribution in [0.2, 0.25) is 0 Å². The molecule has 0 aliphatic heterocycles. The number of nitrogens with two attached hydrogens (primary N) is 1. The molecule has 0 bridgehead atoms. The molecule has 2 atom stereocenters. The molecular weight excluding hydrogens is 211 g/mol. The first-order valence-electron chi connectivity index (χ1n) is 4.78.